The molecular weight excluding hydrogens is 260 g/mol. The van der Waals surface area contributed by atoms with E-state index < -0.39 is 23.7 Å². The fourth-order valence-corrected chi connectivity index (χ4v) is 2.73. The lowest BCUT2D eigenvalue weighted by atomic mass is 9.70. The number of ether oxygens (including phenoxy) is 2. The second kappa shape index (κ2) is 7.22. The molecule has 0 aliphatic heterocycles. The van der Waals surface area contributed by atoms with Crippen molar-refractivity contribution in [3.8, 4) is 0 Å². The topological polar surface area (TPSA) is 69.7 Å². The average molecular weight is 282 g/mol. The van der Waals surface area contributed by atoms with Gasteiger partial charge in [0.25, 0.3) is 0 Å². The van der Waals surface area contributed by atoms with Crippen molar-refractivity contribution in [1.29, 1.82) is 0 Å². The van der Waals surface area contributed by atoms with Gasteiger partial charge in [-0.25, -0.2) is 0 Å². The Bertz CT molecular complexity index is 424. The molecule has 1 rings (SSSR count). The van der Waals surface area contributed by atoms with E-state index in [1.165, 1.54) is 6.08 Å². The van der Waals surface area contributed by atoms with Crippen LogP contribution in [0.5, 0.6) is 0 Å². The molecule has 3 atom stereocenters. The van der Waals surface area contributed by atoms with Crippen molar-refractivity contribution < 1.29 is 23.9 Å². The standard InChI is InChI=1S/C15H22O5/c1-5-10-12(14(17)19-6-2)9(4)8-11(16)13(10)15(18)20-7-3/h8,10,12-13H,5-7H2,1-4H3/t10-,12+,13+/m0/s1. The van der Waals surface area contributed by atoms with E-state index in [1.54, 1.807) is 20.8 Å². The summed E-state index contributed by atoms with van der Waals surface area (Å²) in [4.78, 5) is 36.2. The third kappa shape index (κ3) is 3.26. The Hall–Kier alpha value is -1.65. The van der Waals surface area contributed by atoms with Crippen LogP contribution < -0.4 is 0 Å². The van der Waals surface area contributed by atoms with Crippen LogP contribution in [0.3, 0.4) is 0 Å². The summed E-state index contributed by atoms with van der Waals surface area (Å²) in [6.07, 6.45) is 1.90. The van der Waals surface area contributed by atoms with E-state index >= 15 is 0 Å². The molecule has 0 unspecified atom stereocenters. The molecule has 1 aliphatic rings. The zero-order valence-corrected chi connectivity index (χ0v) is 12.5. The molecule has 20 heavy (non-hydrogen) atoms. The van der Waals surface area contributed by atoms with Gasteiger partial charge in [-0.15, -0.1) is 0 Å². The first-order valence-electron chi connectivity index (χ1n) is 7.03. The minimum absolute atomic E-state index is 0.214. The van der Waals surface area contributed by atoms with Crippen LogP contribution in [0.1, 0.15) is 34.1 Å². The quantitative estimate of drug-likeness (QED) is 0.569. The Balaban J connectivity index is 3.12. The summed E-state index contributed by atoms with van der Waals surface area (Å²) >= 11 is 0. The number of carbonyl (C=O) groups is 3. The highest BCUT2D eigenvalue weighted by Gasteiger charge is 2.45. The Morgan fingerprint density at radius 1 is 1.05 bits per heavy atom. The highest BCUT2D eigenvalue weighted by atomic mass is 16.5. The monoisotopic (exact) mass is 282 g/mol. The smallest absolute Gasteiger partial charge is 0.317 e. The number of hydrogen-bond donors (Lipinski definition) is 0. The average Bonchev–Trinajstić information content (AvgIpc) is 2.37. The first kappa shape index (κ1) is 16.4. The lowest BCUT2D eigenvalue weighted by molar-refractivity contribution is -0.157. The third-order valence-electron chi connectivity index (χ3n) is 3.58. The second-order valence-electron chi connectivity index (χ2n) is 4.82. The SMILES string of the molecule is CCOC(=O)[C@H]1C(=O)C=C(C)[C@@H](C(=O)OCC)[C@@H]1CC. The van der Waals surface area contributed by atoms with Crippen LogP contribution in [0.25, 0.3) is 0 Å². The molecule has 0 saturated carbocycles. The van der Waals surface area contributed by atoms with Crippen LogP contribution in [0, 0.1) is 17.8 Å². The molecule has 112 valence electrons. The normalized spacial score (nSPS) is 25.9. The van der Waals surface area contributed by atoms with Crippen LogP contribution in [0.15, 0.2) is 11.6 Å². The molecule has 0 N–H and O–H groups in total. The van der Waals surface area contributed by atoms with E-state index in [4.69, 9.17) is 9.47 Å². The van der Waals surface area contributed by atoms with Crippen molar-refractivity contribution in [3.63, 3.8) is 0 Å². The Kier molecular flexibility index (Phi) is 5.92. The van der Waals surface area contributed by atoms with Crippen molar-refractivity contribution in [2.45, 2.75) is 34.1 Å². The van der Waals surface area contributed by atoms with Gasteiger partial charge in [-0.3, -0.25) is 14.4 Å². The third-order valence-corrected chi connectivity index (χ3v) is 3.58. The van der Waals surface area contributed by atoms with Crippen molar-refractivity contribution in [2.75, 3.05) is 13.2 Å². The minimum atomic E-state index is -0.905. The summed E-state index contributed by atoms with van der Waals surface area (Å²) in [5, 5.41) is 0. The minimum Gasteiger partial charge on any atom is -0.466 e. The molecule has 1 aliphatic carbocycles. The first-order valence-corrected chi connectivity index (χ1v) is 7.03. The largest absolute Gasteiger partial charge is 0.466 e. The summed E-state index contributed by atoms with van der Waals surface area (Å²) in [5.74, 6) is -3.07. The van der Waals surface area contributed by atoms with Gasteiger partial charge in [0.1, 0.15) is 5.92 Å². The molecular formula is C15H22O5. The number of esters is 2. The molecule has 0 saturated heterocycles. The van der Waals surface area contributed by atoms with Gasteiger partial charge < -0.3 is 9.47 Å². The summed E-state index contributed by atoms with van der Waals surface area (Å²) in [7, 11) is 0. The van der Waals surface area contributed by atoms with E-state index in [2.05, 4.69) is 0 Å². The zero-order valence-electron chi connectivity index (χ0n) is 12.5. The molecule has 0 spiro atoms. The second-order valence-corrected chi connectivity index (χ2v) is 4.82. The van der Waals surface area contributed by atoms with Gasteiger partial charge in [0.2, 0.25) is 0 Å². The molecule has 5 heteroatoms. The zero-order chi connectivity index (χ0) is 15.3. The number of ketones is 1. The van der Waals surface area contributed by atoms with E-state index in [0.717, 1.165) is 0 Å². The number of rotatable bonds is 5. The summed E-state index contributed by atoms with van der Waals surface area (Å²) in [6, 6.07) is 0. The van der Waals surface area contributed by atoms with Gasteiger partial charge >= 0.3 is 11.9 Å². The maximum Gasteiger partial charge on any atom is 0.317 e. The Labute approximate surface area is 119 Å². The van der Waals surface area contributed by atoms with E-state index in [1.807, 2.05) is 6.92 Å². The van der Waals surface area contributed by atoms with Crippen molar-refractivity contribution in [3.05, 3.63) is 11.6 Å². The molecule has 0 bridgehead atoms. The first-order chi connectivity index (χ1) is 9.47. The van der Waals surface area contributed by atoms with Crippen molar-refractivity contribution in [2.24, 2.45) is 17.8 Å². The molecule has 0 heterocycles. The number of allylic oxidation sites excluding steroid dienone is 1. The molecule has 0 radical (unpaired) electrons. The summed E-state index contributed by atoms with van der Waals surface area (Å²) in [6.45, 7) is 7.49. The van der Waals surface area contributed by atoms with Crippen LogP contribution in [0.2, 0.25) is 0 Å². The van der Waals surface area contributed by atoms with Crippen molar-refractivity contribution in [1.82, 2.24) is 0 Å². The summed E-state index contributed by atoms with van der Waals surface area (Å²) < 4.78 is 10.0. The van der Waals surface area contributed by atoms with E-state index in [-0.39, 0.29) is 25.0 Å². The van der Waals surface area contributed by atoms with Gasteiger partial charge in [0.05, 0.1) is 19.1 Å². The van der Waals surface area contributed by atoms with Crippen LogP contribution in [0.4, 0.5) is 0 Å². The molecule has 0 aromatic rings. The number of hydrogen-bond acceptors (Lipinski definition) is 5. The summed E-state index contributed by atoms with van der Waals surface area (Å²) in [5.41, 5.74) is 0.654. The predicted octanol–water partition coefficient (Wildman–Crippen LogP) is 1.90. The van der Waals surface area contributed by atoms with Crippen LogP contribution in [-0.2, 0) is 23.9 Å². The van der Waals surface area contributed by atoms with Crippen molar-refractivity contribution >= 4 is 17.7 Å². The Morgan fingerprint density at radius 2 is 1.55 bits per heavy atom. The van der Waals surface area contributed by atoms with Crippen LogP contribution in [-0.4, -0.2) is 30.9 Å². The number of carbonyl (C=O) groups excluding carboxylic acids is 3. The maximum absolute atomic E-state index is 12.1. The Morgan fingerprint density at radius 3 is 2.00 bits per heavy atom. The highest BCUT2D eigenvalue weighted by Crippen LogP contribution is 2.37. The fraction of sp³-hybridized carbons (Fsp3) is 0.667. The van der Waals surface area contributed by atoms with Gasteiger partial charge in [-0.1, -0.05) is 18.9 Å². The van der Waals surface area contributed by atoms with E-state index in [9.17, 15) is 14.4 Å². The van der Waals surface area contributed by atoms with E-state index in [0.29, 0.717) is 12.0 Å². The molecule has 5 nitrogen and oxygen atoms in total. The molecule has 0 aromatic carbocycles. The molecule has 0 aromatic heterocycles. The lowest BCUT2D eigenvalue weighted by Crippen LogP contribution is -2.43. The lowest BCUT2D eigenvalue weighted by Gasteiger charge is -2.33. The maximum atomic E-state index is 12.1. The van der Waals surface area contributed by atoms with Gasteiger partial charge in [-0.05, 0) is 32.8 Å². The highest BCUT2D eigenvalue weighted by molar-refractivity contribution is 6.07. The molecule has 0 fully saturated rings. The fourth-order valence-electron chi connectivity index (χ4n) is 2.73. The van der Waals surface area contributed by atoms with Gasteiger partial charge in [0, 0.05) is 0 Å². The predicted molar refractivity (Wildman–Crippen MR) is 72.8 cm³/mol. The molecule has 0 amide bonds. The van der Waals surface area contributed by atoms with Gasteiger partial charge in [-0.2, -0.15) is 0 Å². The van der Waals surface area contributed by atoms with Gasteiger partial charge in [0.15, 0.2) is 5.78 Å². The van der Waals surface area contributed by atoms with Crippen LogP contribution >= 0.6 is 0 Å².